The molecule has 8 nitrogen and oxygen atoms in total. The van der Waals surface area contributed by atoms with Gasteiger partial charge in [-0.2, -0.15) is 0 Å². The van der Waals surface area contributed by atoms with E-state index in [-0.39, 0.29) is 17.5 Å². The predicted molar refractivity (Wildman–Crippen MR) is 74.2 cm³/mol. The van der Waals surface area contributed by atoms with Gasteiger partial charge in [0.25, 0.3) is 0 Å². The highest BCUT2D eigenvalue weighted by Gasteiger charge is 2.45. The molecule has 0 amide bonds. The molecule has 6 N–H and O–H groups in total. The minimum Gasteiger partial charge on any atom is -0.480 e. The van der Waals surface area contributed by atoms with Crippen LogP contribution in [-0.4, -0.2) is 49.7 Å². The number of hydrogen-bond donors (Lipinski definition) is 5. The first kappa shape index (κ1) is 17.2. The zero-order valence-corrected chi connectivity index (χ0v) is 11.7. The van der Waals surface area contributed by atoms with Crippen LogP contribution in [0, 0.1) is 0 Å². The standard InChI is InChI=1S/C12H14NO7P/c13-9(11(16)17)4-5-21(19,20)12(18)8-3-1-2-7(6-8)10(14)15/h1-3,6,9,19-20H,4-5,13H2,(H-,14,15,16,17)/p+1/t9-/m0/s1. The molecule has 0 fully saturated rings. The monoisotopic (exact) mass is 316 g/mol. The van der Waals surface area contributed by atoms with Crippen molar-refractivity contribution >= 4 is 25.2 Å². The zero-order valence-electron chi connectivity index (χ0n) is 10.8. The number of carbonyl (C=O) groups is 3. The average molecular weight is 316 g/mol. The Morgan fingerprint density at radius 1 is 1.14 bits per heavy atom. The Morgan fingerprint density at radius 2 is 1.71 bits per heavy atom. The van der Waals surface area contributed by atoms with Crippen LogP contribution in [0.4, 0.5) is 0 Å². The fourth-order valence-electron chi connectivity index (χ4n) is 1.54. The van der Waals surface area contributed by atoms with Gasteiger partial charge in [-0.1, -0.05) is 6.07 Å². The molecule has 0 aliphatic carbocycles. The second-order valence-corrected chi connectivity index (χ2v) is 6.69. The van der Waals surface area contributed by atoms with Crippen molar-refractivity contribution in [2.24, 2.45) is 5.73 Å². The summed E-state index contributed by atoms with van der Waals surface area (Å²) in [6.45, 7) is 0. The molecule has 0 aromatic heterocycles. The van der Waals surface area contributed by atoms with Crippen molar-refractivity contribution in [2.75, 3.05) is 6.16 Å². The van der Waals surface area contributed by atoms with E-state index >= 15 is 0 Å². The number of hydrogen-bond acceptors (Lipinski definition) is 6. The third kappa shape index (κ3) is 4.57. The van der Waals surface area contributed by atoms with Gasteiger partial charge in [0.1, 0.15) is 12.2 Å². The molecule has 0 unspecified atom stereocenters. The average Bonchev–Trinajstić information content (AvgIpc) is 2.43. The lowest BCUT2D eigenvalue weighted by Crippen LogP contribution is -2.31. The van der Waals surface area contributed by atoms with E-state index in [2.05, 4.69) is 0 Å². The van der Waals surface area contributed by atoms with E-state index < -0.39 is 37.4 Å². The molecule has 0 bridgehead atoms. The number of aliphatic carboxylic acids is 1. The van der Waals surface area contributed by atoms with Crippen LogP contribution in [0.15, 0.2) is 24.3 Å². The van der Waals surface area contributed by atoms with Gasteiger partial charge in [-0.15, -0.1) is 0 Å². The molecule has 1 atom stereocenters. The first-order valence-electron chi connectivity index (χ1n) is 5.85. The van der Waals surface area contributed by atoms with Crippen LogP contribution < -0.4 is 5.73 Å². The smallest absolute Gasteiger partial charge is 0.356 e. The molecule has 9 heteroatoms. The summed E-state index contributed by atoms with van der Waals surface area (Å²) in [5.74, 6) is -2.56. The molecule has 1 aromatic carbocycles. The Kier molecular flexibility index (Phi) is 5.51. The summed E-state index contributed by atoms with van der Waals surface area (Å²) in [6, 6.07) is 3.55. The maximum Gasteiger partial charge on any atom is 0.356 e. The van der Waals surface area contributed by atoms with Gasteiger partial charge < -0.3 is 15.9 Å². The van der Waals surface area contributed by atoms with E-state index in [0.717, 1.165) is 6.07 Å². The maximum absolute atomic E-state index is 12.0. The van der Waals surface area contributed by atoms with Crippen molar-refractivity contribution in [3.63, 3.8) is 0 Å². The van der Waals surface area contributed by atoms with Gasteiger partial charge in [-0.05, 0) is 18.2 Å². The molecule has 1 aromatic rings. The molecule has 0 spiro atoms. The Hall–Kier alpha value is -1.86. The van der Waals surface area contributed by atoms with Crippen LogP contribution in [-0.2, 0) is 4.79 Å². The molecule has 0 aliphatic rings. The highest BCUT2D eigenvalue weighted by molar-refractivity contribution is 7.81. The lowest BCUT2D eigenvalue weighted by atomic mass is 10.1. The lowest BCUT2D eigenvalue weighted by molar-refractivity contribution is -0.138. The van der Waals surface area contributed by atoms with Crippen molar-refractivity contribution in [2.45, 2.75) is 12.5 Å². The van der Waals surface area contributed by atoms with Crippen LogP contribution in [0.5, 0.6) is 0 Å². The second kappa shape index (κ2) is 6.73. The normalized spacial score (nSPS) is 12.7. The van der Waals surface area contributed by atoms with Crippen LogP contribution in [0.1, 0.15) is 27.1 Å². The van der Waals surface area contributed by atoms with Crippen LogP contribution in [0.2, 0.25) is 0 Å². The van der Waals surface area contributed by atoms with E-state index in [4.69, 9.17) is 15.9 Å². The highest BCUT2D eigenvalue weighted by Crippen LogP contribution is 2.53. The topological polar surface area (TPSA) is 158 Å². The third-order valence-corrected chi connectivity index (χ3v) is 4.54. The third-order valence-electron chi connectivity index (χ3n) is 2.75. The minimum atomic E-state index is -4.07. The largest absolute Gasteiger partial charge is 0.480 e. The van der Waals surface area contributed by atoms with Crippen molar-refractivity contribution in [3.05, 3.63) is 35.4 Å². The number of carboxylic acid groups (broad SMARTS) is 2. The number of carboxylic acids is 2. The summed E-state index contributed by atoms with van der Waals surface area (Å²) < 4.78 is 0. The minimum absolute atomic E-state index is 0.155. The quantitative estimate of drug-likeness (QED) is 0.445. The fraction of sp³-hybridized carbons (Fsp3) is 0.250. The lowest BCUT2D eigenvalue weighted by Gasteiger charge is -2.12. The Bertz CT molecular complexity index is 572. The summed E-state index contributed by atoms with van der Waals surface area (Å²) in [6.07, 6.45) is -0.753. The fourth-order valence-corrected chi connectivity index (χ4v) is 2.93. The van der Waals surface area contributed by atoms with Gasteiger partial charge >= 0.3 is 25.2 Å². The Labute approximate surface area is 120 Å². The van der Waals surface area contributed by atoms with E-state index in [1.54, 1.807) is 0 Å². The number of rotatable bonds is 7. The predicted octanol–water partition coefficient (Wildman–Crippen LogP) is 0.159. The van der Waals surface area contributed by atoms with Crippen molar-refractivity contribution in [3.8, 4) is 0 Å². The number of aromatic carboxylic acids is 1. The Morgan fingerprint density at radius 3 is 2.24 bits per heavy atom. The van der Waals surface area contributed by atoms with Gasteiger partial charge in [0.2, 0.25) is 0 Å². The van der Waals surface area contributed by atoms with Gasteiger partial charge in [-0.25, -0.2) is 19.4 Å². The number of carbonyl (C=O) groups excluding carboxylic acids is 1. The molecule has 0 aliphatic heterocycles. The molecule has 0 saturated carbocycles. The maximum atomic E-state index is 12.0. The SMILES string of the molecule is N[C@@H](CC[P+](O)(O)C(=O)c1cccc(C(=O)O)c1)C(=O)O. The first-order chi connectivity index (χ1) is 9.65. The number of benzene rings is 1. The first-order valence-corrected chi connectivity index (χ1v) is 7.73. The summed E-state index contributed by atoms with van der Waals surface area (Å²) in [5.41, 5.74) is 3.90. The molecule has 1 rings (SSSR count). The molecule has 21 heavy (non-hydrogen) atoms. The summed E-state index contributed by atoms with van der Waals surface area (Å²) in [5, 5.41) is 17.4. The van der Waals surface area contributed by atoms with Crippen molar-refractivity contribution in [1.29, 1.82) is 0 Å². The van der Waals surface area contributed by atoms with Crippen LogP contribution >= 0.6 is 7.72 Å². The van der Waals surface area contributed by atoms with Gasteiger partial charge in [0.05, 0.1) is 11.1 Å². The zero-order chi connectivity index (χ0) is 16.2. The molecule has 0 saturated heterocycles. The second-order valence-electron chi connectivity index (χ2n) is 4.38. The van der Waals surface area contributed by atoms with E-state index in [1.807, 2.05) is 0 Å². The van der Waals surface area contributed by atoms with Crippen molar-refractivity contribution < 1.29 is 34.4 Å². The summed E-state index contributed by atoms with van der Waals surface area (Å²) >= 11 is 0. The molecule has 0 heterocycles. The Balaban J connectivity index is 2.87. The molecular formula is C12H15NO7P+. The van der Waals surface area contributed by atoms with Crippen LogP contribution in [0.3, 0.4) is 0 Å². The van der Waals surface area contributed by atoms with Gasteiger partial charge in [0.15, 0.2) is 0 Å². The van der Waals surface area contributed by atoms with E-state index in [9.17, 15) is 24.2 Å². The van der Waals surface area contributed by atoms with Crippen molar-refractivity contribution in [1.82, 2.24) is 0 Å². The highest BCUT2D eigenvalue weighted by atomic mass is 31.2. The van der Waals surface area contributed by atoms with Gasteiger partial charge in [-0.3, -0.25) is 4.79 Å². The molecular weight excluding hydrogens is 301 g/mol. The van der Waals surface area contributed by atoms with E-state index in [0.29, 0.717) is 0 Å². The molecule has 0 radical (unpaired) electrons. The molecule has 114 valence electrons. The summed E-state index contributed by atoms with van der Waals surface area (Å²) in [4.78, 5) is 53.0. The number of nitrogens with two attached hydrogens (primary N) is 1. The van der Waals surface area contributed by atoms with E-state index in [1.165, 1.54) is 18.2 Å². The van der Waals surface area contributed by atoms with Gasteiger partial charge in [0, 0.05) is 6.42 Å². The van der Waals surface area contributed by atoms with Crippen LogP contribution in [0.25, 0.3) is 0 Å². The summed E-state index contributed by atoms with van der Waals surface area (Å²) in [7, 11) is -4.07.